The van der Waals surface area contributed by atoms with Gasteiger partial charge in [-0.15, -0.1) is 0 Å². The largest absolute Gasteiger partial charge is 0.325 e. The minimum atomic E-state index is -0.923. The highest BCUT2D eigenvalue weighted by molar-refractivity contribution is 6.31. The van der Waals surface area contributed by atoms with Crippen molar-refractivity contribution in [2.45, 2.75) is 51.1 Å². The number of aryl methyl sites for hydroxylation is 2. The number of nitrogens with one attached hydrogen (secondary N) is 1. The average molecular weight is 470 g/mol. The predicted octanol–water partition coefficient (Wildman–Crippen LogP) is 3.54. The molecule has 33 heavy (non-hydrogen) atoms. The lowest BCUT2D eigenvalue weighted by Gasteiger charge is -2.41. The Morgan fingerprint density at radius 2 is 1.85 bits per heavy atom. The summed E-state index contributed by atoms with van der Waals surface area (Å²) in [6, 6.07) is 7.41. The Labute approximate surface area is 200 Å². The molecule has 5 rings (SSSR count). The van der Waals surface area contributed by atoms with Gasteiger partial charge in [-0.25, -0.2) is 4.79 Å². The first-order valence-corrected chi connectivity index (χ1v) is 12.3. The molecular weight excluding hydrogens is 438 g/mol. The quantitative estimate of drug-likeness (QED) is 0.630. The molecule has 3 heterocycles. The van der Waals surface area contributed by atoms with Gasteiger partial charge >= 0.3 is 6.03 Å². The molecule has 1 aromatic heterocycles. The van der Waals surface area contributed by atoms with E-state index in [2.05, 4.69) is 21.5 Å². The molecule has 0 bridgehead atoms. The first kappa shape index (κ1) is 22.4. The van der Waals surface area contributed by atoms with E-state index in [0.29, 0.717) is 23.9 Å². The minimum Gasteiger partial charge on any atom is -0.322 e. The first-order valence-electron chi connectivity index (χ1n) is 11.9. The molecule has 0 spiro atoms. The van der Waals surface area contributed by atoms with E-state index in [9.17, 15) is 9.59 Å². The van der Waals surface area contributed by atoms with Gasteiger partial charge in [-0.3, -0.25) is 19.3 Å². The van der Waals surface area contributed by atoms with Gasteiger partial charge in [0, 0.05) is 43.3 Å². The number of nitrogens with zero attached hydrogens (tertiary/aromatic N) is 4. The van der Waals surface area contributed by atoms with Crippen LogP contribution in [0.5, 0.6) is 0 Å². The Morgan fingerprint density at radius 3 is 2.48 bits per heavy atom. The van der Waals surface area contributed by atoms with Gasteiger partial charge in [-0.1, -0.05) is 29.8 Å². The summed E-state index contributed by atoms with van der Waals surface area (Å²) in [6.07, 6.45) is 6.42. The van der Waals surface area contributed by atoms with Crippen molar-refractivity contribution in [1.82, 2.24) is 24.9 Å². The number of aromatic nitrogens is 2. The zero-order valence-electron chi connectivity index (χ0n) is 19.4. The van der Waals surface area contributed by atoms with E-state index in [0.717, 1.165) is 56.6 Å². The third-order valence-corrected chi connectivity index (χ3v) is 7.93. The van der Waals surface area contributed by atoms with Crippen molar-refractivity contribution in [1.29, 1.82) is 0 Å². The fraction of sp³-hybridized carbons (Fsp3) is 0.560. The summed E-state index contributed by atoms with van der Waals surface area (Å²) in [6.45, 7) is 5.21. The van der Waals surface area contributed by atoms with E-state index in [-0.39, 0.29) is 17.9 Å². The van der Waals surface area contributed by atoms with E-state index in [1.165, 1.54) is 10.5 Å². The molecule has 2 saturated heterocycles. The Morgan fingerprint density at radius 1 is 1.12 bits per heavy atom. The number of imide groups is 1. The van der Waals surface area contributed by atoms with Crippen LogP contribution in [0.1, 0.15) is 42.5 Å². The number of rotatable bonds is 7. The van der Waals surface area contributed by atoms with Gasteiger partial charge in [0.25, 0.3) is 5.91 Å². The molecule has 2 aliphatic heterocycles. The molecule has 1 N–H and O–H groups in total. The number of likely N-dealkylation sites (tertiary alicyclic amines) is 1. The van der Waals surface area contributed by atoms with Crippen molar-refractivity contribution in [3.63, 3.8) is 0 Å². The van der Waals surface area contributed by atoms with E-state index >= 15 is 0 Å². The standard InChI is InChI=1S/C25H32ClN5O2/c1-17-20(15-29(2)28-17)16-30-11-9-21(10-12-30)25(13-19-5-3-4-6-22(19)26)23(32)31(24(33)27-25)14-18-7-8-18/h3-6,15,18,21H,7-14,16H2,1-2H3,(H,27,33)/t25-/m0/s1. The highest BCUT2D eigenvalue weighted by Crippen LogP contribution is 2.39. The lowest BCUT2D eigenvalue weighted by atomic mass is 9.73. The zero-order valence-corrected chi connectivity index (χ0v) is 20.1. The summed E-state index contributed by atoms with van der Waals surface area (Å²) in [5.74, 6) is 0.460. The molecule has 176 valence electrons. The van der Waals surface area contributed by atoms with Crippen LogP contribution in [0.15, 0.2) is 30.5 Å². The topological polar surface area (TPSA) is 70.5 Å². The Hall–Kier alpha value is -2.38. The molecule has 0 unspecified atom stereocenters. The van der Waals surface area contributed by atoms with Gasteiger partial charge in [0.2, 0.25) is 0 Å². The van der Waals surface area contributed by atoms with Crippen LogP contribution in [0.4, 0.5) is 4.79 Å². The first-order chi connectivity index (χ1) is 15.9. The number of carbonyl (C=O) groups excluding carboxylic acids is 2. The van der Waals surface area contributed by atoms with E-state index in [1.807, 2.05) is 42.9 Å². The van der Waals surface area contributed by atoms with Crippen LogP contribution >= 0.6 is 11.6 Å². The number of halogens is 1. The van der Waals surface area contributed by atoms with Crippen molar-refractivity contribution in [2.24, 2.45) is 18.9 Å². The smallest absolute Gasteiger partial charge is 0.322 e. The van der Waals surface area contributed by atoms with Crippen molar-refractivity contribution < 1.29 is 9.59 Å². The predicted molar refractivity (Wildman–Crippen MR) is 127 cm³/mol. The monoisotopic (exact) mass is 469 g/mol. The fourth-order valence-electron chi connectivity index (χ4n) is 5.48. The molecule has 2 aromatic rings. The lowest BCUT2D eigenvalue weighted by Crippen LogP contribution is -2.57. The summed E-state index contributed by atoms with van der Waals surface area (Å²) >= 11 is 6.49. The summed E-state index contributed by atoms with van der Waals surface area (Å²) in [7, 11) is 1.95. The van der Waals surface area contributed by atoms with Crippen LogP contribution in [0.25, 0.3) is 0 Å². The van der Waals surface area contributed by atoms with Crippen molar-refractivity contribution >= 4 is 23.5 Å². The number of piperidine rings is 1. The summed E-state index contributed by atoms with van der Waals surface area (Å²) in [4.78, 5) is 30.7. The van der Waals surface area contributed by atoms with Crippen molar-refractivity contribution in [3.05, 3.63) is 52.3 Å². The van der Waals surface area contributed by atoms with Gasteiger partial charge in [0.1, 0.15) is 5.54 Å². The number of amides is 3. The molecule has 1 atom stereocenters. The SMILES string of the molecule is Cc1nn(C)cc1CN1CCC([C@]2(Cc3ccccc3Cl)NC(=O)N(CC3CC3)C2=O)CC1. The second kappa shape index (κ2) is 8.76. The van der Waals surface area contributed by atoms with Crippen molar-refractivity contribution in [3.8, 4) is 0 Å². The molecule has 0 radical (unpaired) electrons. The van der Waals surface area contributed by atoms with E-state index in [4.69, 9.17) is 11.6 Å². The highest BCUT2D eigenvalue weighted by Gasteiger charge is 2.56. The minimum absolute atomic E-state index is 0.0686. The van der Waals surface area contributed by atoms with Crippen LogP contribution in [-0.4, -0.2) is 56.7 Å². The molecule has 1 aromatic carbocycles. The van der Waals surface area contributed by atoms with Gasteiger partial charge in [0.05, 0.1) is 5.69 Å². The molecule has 1 saturated carbocycles. The Bertz CT molecular complexity index is 1060. The van der Waals surface area contributed by atoms with Crippen LogP contribution < -0.4 is 5.32 Å². The maximum absolute atomic E-state index is 13.8. The number of urea groups is 1. The number of carbonyl (C=O) groups is 2. The molecule has 3 aliphatic rings. The third kappa shape index (κ3) is 4.41. The normalized spacial score (nSPS) is 24.5. The molecule has 1 aliphatic carbocycles. The molecule has 3 fully saturated rings. The Kier molecular flexibility index (Phi) is 5.95. The summed E-state index contributed by atoms with van der Waals surface area (Å²) < 4.78 is 1.86. The van der Waals surface area contributed by atoms with Crippen LogP contribution in [0.3, 0.4) is 0 Å². The van der Waals surface area contributed by atoms with Crippen LogP contribution in [0, 0.1) is 18.8 Å². The van der Waals surface area contributed by atoms with E-state index < -0.39 is 5.54 Å². The molecular formula is C25H32ClN5O2. The lowest BCUT2D eigenvalue weighted by molar-refractivity contribution is -0.134. The molecule has 3 amide bonds. The van der Waals surface area contributed by atoms with Gasteiger partial charge < -0.3 is 5.32 Å². The number of hydrogen-bond donors (Lipinski definition) is 1. The number of benzene rings is 1. The zero-order chi connectivity index (χ0) is 23.2. The average Bonchev–Trinajstić information content (AvgIpc) is 3.51. The Balaban J connectivity index is 1.36. The van der Waals surface area contributed by atoms with E-state index in [1.54, 1.807) is 0 Å². The van der Waals surface area contributed by atoms with Gasteiger partial charge in [0.15, 0.2) is 0 Å². The second-order valence-electron chi connectivity index (χ2n) is 9.99. The molecule has 7 nitrogen and oxygen atoms in total. The maximum atomic E-state index is 13.8. The third-order valence-electron chi connectivity index (χ3n) is 7.56. The van der Waals surface area contributed by atoms with Crippen molar-refractivity contribution in [2.75, 3.05) is 19.6 Å². The van der Waals surface area contributed by atoms with Gasteiger partial charge in [-0.05, 0) is 69.2 Å². The number of hydrogen-bond acceptors (Lipinski definition) is 4. The second-order valence-corrected chi connectivity index (χ2v) is 10.4. The maximum Gasteiger partial charge on any atom is 0.325 e. The molecule has 8 heteroatoms. The summed E-state index contributed by atoms with van der Waals surface area (Å²) in [5.41, 5.74) is 2.29. The van der Waals surface area contributed by atoms with Crippen LogP contribution in [0.2, 0.25) is 5.02 Å². The highest BCUT2D eigenvalue weighted by atomic mass is 35.5. The van der Waals surface area contributed by atoms with Gasteiger partial charge in [-0.2, -0.15) is 5.10 Å². The fourth-order valence-corrected chi connectivity index (χ4v) is 5.68. The van der Waals surface area contributed by atoms with Crippen LogP contribution in [-0.2, 0) is 24.8 Å². The summed E-state index contributed by atoms with van der Waals surface area (Å²) in [5, 5.41) is 8.27.